The number of benzene rings is 4. The molecule has 4 aliphatic carbocycles. The molecule has 0 saturated heterocycles. The van der Waals surface area contributed by atoms with Gasteiger partial charge in [0.2, 0.25) is 0 Å². The Kier molecular flexibility index (Phi) is 27.9. The zero-order valence-electron chi connectivity index (χ0n) is 65.2. The molecule has 0 radical (unpaired) electrons. The number of hydrogen-bond donors (Lipinski definition) is 5. The van der Waals surface area contributed by atoms with Gasteiger partial charge in [-0.1, -0.05) is 36.4 Å². The maximum atomic E-state index is 14.5. The van der Waals surface area contributed by atoms with Crippen LogP contribution in [0.3, 0.4) is 0 Å². The van der Waals surface area contributed by atoms with E-state index in [9.17, 15) is 26.3 Å². The molecule has 0 aliphatic heterocycles. The molecule has 608 valence electrons. The number of halogens is 1. The molecule has 32 heteroatoms. The molecule has 4 fully saturated rings. The summed E-state index contributed by atoms with van der Waals surface area (Å²) in [5, 5.41) is 27.1. The Labute approximate surface area is 674 Å². The zero-order chi connectivity index (χ0) is 81.1. The van der Waals surface area contributed by atoms with Crippen molar-refractivity contribution in [3.8, 4) is 90.8 Å². The van der Waals surface area contributed by atoms with Gasteiger partial charge in [0.15, 0.2) is 42.7 Å². The third kappa shape index (κ3) is 22.1. The first-order valence-electron chi connectivity index (χ1n) is 39.2. The molecular weight excluding hydrogens is 1520 g/mol. The number of para-hydroxylation sites is 2. The van der Waals surface area contributed by atoms with Gasteiger partial charge in [0.25, 0.3) is 0 Å². The molecule has 8 aromatic heterocycles. The molecule has 29 nitrogen and oxygen atoms in total. The van der Waals surface area contributed by atoms with Gasteiger partial charge in [-0.3, -0.25) is 0 Å². The van der Waals surface area contributed by atoms with E-state index < -0.39 is 25.5 Å². The molecule has 4 aliphatic rings. The van der Waals surface area contributed by atoms with Crippen molar-refractivity contribution in [2.24, 2.45) is 46.6 Å². The first-order chi connectivity index (χ1) is 56.2. The monoisotopic (exact) mass is 1610 g/mol. The third-order valence-corrected chi connectivity index (χ3v) is 23.7. The van der Waals surface area contributed by atoms with E-state index in [-0.39, 0.29) is 28.1 Å². The molecular formula is C84H99FN20O9S2. The minimum Gasteiger partial charge on any atom is -0.489 e. The van der Waals surface area contributed by atoms with Crippen molar-refractivity contribution < 1.29 is 45.3 Å². The van der Waals surface area contributed by atoms with Crippen LogP contribution in [0.25, 0.3) is 67.8 Å². The van der Waals surface area contributed by atoms with E-state index in [2.05, 4.69) is 79.3 Å². The van der Waals surface area contributed by atoms with E-state index in [4.69, 9.17) is 41.9 Å². The fourth-order valence-electron chi connectivity index (χ4n) is 14.6. The highest BCUT2D eigenvalue weighted by Crippen LogP contribution is 2.36. The van der Waals surface area contributed by atoms with Crippen LogP contribution >= 0.6 is 0 Å². The van der Waals surface area contributed by atoms with Crippen LogP contribution in [0.4, 0.5) is 4.39 Å². The lowest BCUT2D eigenvalue weighted by Gasteiger charge is -2.26. The third-order valence-electron chi connectivity index (χ3n) is 21.5. The highest BCUT2D eigenvalue weighted by atomic mass is 32.2. The highest BCUT2D eigenvalue weighted by molar-refractivity contribution is 7.91. The SMILES string of the molecule is CS(=O)(=O)c1ccc(-n2cc(-c3ncncc3OCC3CCC(N)CC3)cn2)c(F)c1.CS(=O)(=O)c1ccc(-n2cc(-c3ncncc3OCC3CCC(N)CC3)cn2)cc1.Cc1ccccc1-n1cc(-c2ncncc2OCC2CCC(N)CC2)cn1.NC1CCC(COc2cncnc2-c2cnn(-c3ccccc3CO)c2)CC1. The highest BCUT2D eigenvalue weighted by Gasteiger charge is 2.26. The molecule has 4 aromatic carbocycles. The summed E-state index contributed by atoms with van der Waals surface area (Å²) in [4.78, 5) is 34.2. The molecule has 116 heavy (non-hydrogen) atoms. The van der Waals surface area contributed by atoms with Gasteiger partial charge in [0.1, 0.15) is 59.6 Å². The molecule has 0 bridgehead atoms. The number of sulfone groups is 2. The smallest absolute Gasteiger partial charge is 0.175 e. The van der Waals surface area contributed by atoms with Crippen LogP contribution in [0.1, 0.15) is 114 Å². The van der Waals surface area contributed by atoms with E-state index in [1.54, 1.807) is 89.5 Å². The molecule has 12 aromatic rings. The number of aliphatic hydroxyl groups excluding tert-OH is 1. The van der Waals surface area contributed by atoms with E-state index in [0.717, 1.165) is 166 Å². The van der Waals surface area contributed by atoms with Crippen molar-refractivity contribution in [3.63, 3.8) is 0 Å². The van der Waals surface area contributed by atoms with Gasteiger partial charge in [-0.25, -0.2) is 79.8 Å². The fraction of sp³-hybridized carbons (Fsp3) is 0.381. The Balaban J connectivity index is 0.000000135. The standard InChI is InChI=1S/C21H24FN5O3S.C21H25N5O3S.C21H25N5O2.C21H25N5O/c1-31(28,29)17-6-7-19(18(22)8-17)27-11-15(9-26-27)21-20(10-24-13-25-21)30-12-14-2-4-16(23)5-3-14;1-30(27,28)19-8-6-18(7-9-19)26-12-16(10-25-26)21-20(11-23-14-24-21)29-13-15-2-4-17(22)5-3-15;22-18-7-5-15(6-8-18)13-28-20-10-23-14-24-21(20)17-9-25-26(11-17)19-4-2-1-3-16(19)12-27;1-15-4-2-3-5-19(15)26-12-17(10-25-26)21-20(11-23-14-24-21)27-13-16-6-8-18(22)9-7-16/h6-11,13-14,16H,2-5,12,23H2,1H3;6-12,14-15,17H,2-5,13,22H2,1H3;1-4,9-11,14-15,18,27H,5-8,12-13,22H2;2-5,10-12,14,16,18H,6-9,13,22H2,1H3. The minimum atomic E-state index is -3.50. The first-order valence-corrected chi connectivity index (χ1v) is 42.9. The minimum absolute atomic E-state index is 0.0434. The van der Waals surface area contributed by atoms with E-state index in [0.29, 0.717) is 108 Å². The average Bonchev–Trinajstić information content (AvgIpc) is 1.66. The van der Waals surface area contributed by atoms with Crippen molar-refractivity contribution in [1.82, 2.24) is 79.0 Å². The van der Waals surface area contributed by atoms with Crippen LogP contribution in [-0.2, 0) is 26.3 Å². The van der Waals surface area contributed by atoms with Crippen LogP contribution in [0.2, 0.25) is 0 Å². The molecule has 4 saturated carbocycles. The number of nitrogens with zero attached hydrogens (tertiary/aromatic N) is 16. The Morgan fingerprint density at radius 1 is 0.397 bits per heavy atom. The van der Waals surface area contributed by atoms with Crippen molar-refractivity contribution in [3.05, 3.63) is 208 Å². The summed E-state index contributed by atoms with van der Waals surface area (Å²) in [6, 6.07) is 27.4. The largest absolute Gasteiger partial charge is 0.489 e. The van der Waals surface area contributed by atoms with Crippen LogP contribution in [0.5, 0.6) is 23.0 Å². The second-order valence-corrected chi connectivity index (χ2v) is 34.3. The summed E-state index contributed by atoms with van der Waals surface area (Å²) in [5.41, 5.74) is 34.6. The Morgan fingerprint density at radius 2 is 0.716 bits per heavy atom. The molecule has 0 amide bonds. The summed E-state index contributed by atoms with van der Waals surface area (Å²) in [7, 11) is -6.73. The van der Waals surface area contributed by atoms with Crippen LogP contribution in [-0.4, -0.2) is 164 Å². The van der Waals surface area contributed by atoms with Gasteiger partial charge in [-0.15, -0.1) is 0 Å². The fourth-order valence-corrected chi connectivity index (χ4v) is 15.8. The summed E-state index contributed by atoms with van der Waals surface area (Å²) in [6.45, 7) is 4.54. The number of hydrogen-bond acceptors (Lipinski definition) is 25. The topological polar surface area (TPSA) is 404 Å². The number of nitrogens with two attached hydrogens (primary N) is 4. The van der Waals surface area contributed by atoms with Crippen LogP contribution < -0.4 is 41.9 Å². The summed E-state index contributed by atoms with van der Waals surface area (Å²) < 4.78 is 92.0. The lowest BCUT2D eigenvalue weighted by Crippen LogP contribution is -2.28. The molecule has 0 atom stereocenters. The molecule has 0 spiro atoms. The van der Waals surface area contributed by atoms with Crippen molar-refractivity contribution >= 4 is 19.7 Å². The van der Waals surface area contributed by atoms with E-state index in [1.807, 2.05) is 65.9 Å². The Morgan fingerprint density at radius 3 is 1.07 bits per heavy atom. The predicted molar refractivity (Wildman–Crippen MR) is 437 cm³/mol. The van der Waals surface area contributed by atoms with E-state index in [1.165, 1.54) is 47.6 Å². The Hall–Kier alpha value is -11.1. The number of aromatic nitrogens is 16. The second-order valence-electron chi connectivity index (χ2n) is 30.2. The van der Waals surface area contributed by atoms with Crippen molar-refractivity contribution in [2.45, 2.75) is 150 Å². The van der Waals surface area contributed by atoms with Crippen molar-refractivity contribution in [1.29, 1.82) is 0 Å². The van der Waals surface area contributed by atoms with E-state index >= 15 is 0 Å². The van der Waals surface area contributed by atoms with Gasteiger partial charge in [-0.05, 0) is 193 Å². The van der Waals surface area contributed by atoms with Crippen LogP contribution in [0.15, 0.2) is 200 Å². The number of aliphatic hydroxyl groups is 1. The van der Waals surface area contributed by atoms with Crippen LogP contribution in [0, 0.1) is 36.4 Å². The van der Waals surface area contributed by atoms with Crippen molar-refractivity contribution in [2.75, 3.05) is 38.9 Å². The summed E-state index contributed by atoms with van der Waals surface area (Å²) >= 11 is 0. The molecule has 8 heterocycles. The van der Waals surface area contributed by atoms with Gasteiger partial charge >= 0.3 is 0 Å². The second kappa shape index (κ2) is 39.0. The molecule has 16 rings (SSSR count). The van der Waals surface area contributed by atoms with Gasteiger partial charge < -0.3 is 47.0 Å². The summed E-state index contributed by atoms with van der Waals surface area (Å²) in [5.74, 6) is 3.84. The normalized spacial score (nSPS) is 19.5. The lowest BCUT2D eigenvalue weighted by molar-refractivity contribution is 0.200. The molecule has 9 N–H and O–H groups in total. The maximum absolute atomic E-state index is 14.5. The maximum Gasteiger partial charge on any atom is 0.175 e. The quantitative estimate of drug-likeness (QED) is 0.0397. The number of ether oxygens (including phenoxy) is 4. The lowest BCUT2D eigenvalue weighted by atomic mass is 9.87. The van der Waals surface area contributed by atoms with Gasteiger partial charge in [0.05, 0.1) is 109 Å². The average molecular weight is 1620 g/mol. The number of rotatable bonds is 23. The summed E-state index contributed by atoms with van der Waals surface area (Å²) in [6.07, 6.45) is 46.1. The molecule has 0 unspecified atom stereocenters. The first kappa shape index (κ1) is 82.8. The van der Waals surface area contributed by atoms with Gasteiger partial charge in [0, 0.05) is 89.3 Å². The predicted octanol–water partition coefficient (Wildman–Crippen LogP) is 11.6. The van der Waals surface area contributed by atoms with Gasteiger partial charge in [-0.2, -0.15) is 20.4 Å². The zero-order valence-corrected chi connectivity index (χ0v) is 66.9. The number of aryl methyl sites for hydroxylation is 1. The Bertz CT molecular complexity index is 5420.